The van der Waals surface area contributed by atoms with E-state index in [4.69, 9.17) is 4.74 Å². The summed E-state index contributed by atoms with van der Waals surface area (Å²) in [5.74, 6) is 0. The second-order valence-electron chi connectivity index (χ2n) is 7.02. The third-order valence-electron chi connectivity index (χ3n) is 4.10. The highest BCUT2D eigenvalue weighted by molar-refractivity contribution is 5.24. The number of ether oxygens (including phenoxy) is 1. The van der Waals surface area contributed by atoms with Crippen LogP contribution in [0.5, 0.6) is 0 Å². The number of nitrogens with one attached hydrogen (secondary N) is 1. The molecule has 0 bridgehead atoms. The van der Waals surface area contributed by atoms with Crippen molar-refractivity contribution < 1.29 is 4.74 Å². The van der Waals surface area contributed by atoms with Crippen LogP contribution in [-0.4, -0.2) is 17.2 Å². The van der Waals surface area contributed by atoms with E-state index in [1.807, 2.05) is 0 Å². The molecule has 1 aromatic rings. The molecule has 1 fully saturated rings. The molecule has 0 saturated carbocycles. The minimum Gasteiger partial charge on any atom is -0.368 e. The summed E-state index contributed by atoms with van der Waals surface area (Å²) in [5, 5.41) is 3.74. The van der Waals surface area contributed by atoms with Crippen molar-refractivity contribution in [2.24, 2.45) is 0 Å². The lowest BCUT2D eigenvalue weighted by atomic mass is 9.93. The summed E-state index contributed by atoms with van der Waals surface area (Å²) < 4.78 is 6.14. The van der Waals surface area contributed by atoms with Gasteiger partial charge in [0.2, 0.25) is 0 Å². The molecule has 2 rings (SSSR count). The van der Waals surface area contributed by atoms with Gasteiger partial charge in [-0.2, -0.15) is 0 Å². The Morgan fingerprint density at radius 1 is 1.16 bits per heavy atom. The molecule has 19 heavy (non-hydrogen) atoms. The van der Waals surface area contributed by atoms with Crippen LogP contribution in [0.1, 0.15) is 58.2 Å². The lowest BCUT2D eigenvalue weighted by Gasteiger charge is -2.30. The number of benzene rings is 1. The molecule has 2 atom stereocenters. The zero-order valence-electron chi connectivity index (χ0n) is 13.1. The van der Waals surface area contributed by atoms with E-state index in [-0.39, 0.29) is 11.2 Å². The first-order valence-corrected chi connectivity index (χ1v) is 7.22. The predicted octanol–water partition coefficient (Wildman–Crippen LogP) is 3.99. The molecule has 0 aromatic heterocycles. The summed E-state index contributed by atoms with van der Waals surface area (Å²) in [5.41, 5.74) is 2.50. The molecule has 2 heteroatoms. The first-order valence-electron chi connectivity index (χ1n) is 7.22. The molecule has 0 amide bonds. The van der Waals surface area contributed by atoms with Crippen molar-refractivity contribution in [2.75, 3.05) is 0 Å². The summed E-state index contributed by atoms with van der Waals surface area (Å²) >= 11 is 0. The Hall–Kier alpha value is -0.860. The number of aryl methyl sites for hydroxylation is 1. The van der Waals surface area contributed by atoms with Crippen LogP contribution < -0.4 is 5.32 Å². The molecular formula is C17H27NO. The Kier molecular flexibility index (Phi) is 3.76. The zero-order valence-corrected chi connectivity index (χ0v) is 13.1. The molecule has 1 aliphatic rings. The smallest absolute Gasteiger partial charge is 0.0787 e. The first-order chi connectivity index (χ1) is 8.70. The molecule has 2 unspecified atom stereocenters. The molecule has 2 nitrogen and oxygen atoms in total. The Bertz CT molecular complexity index is 433. The van der Waals surface area contributed by atoms with E-state index >= 15 is 0 Å². The van der Waals surface area contributed by atoms with Crippen molar-refractivity contribution in [1.82, 2.24) is 5.32 Å². The fraction of sp³-hybridized carbons (Fsp3) is 0.647. The van der Waals surface area contributed by atoms with Gasteiger partial charge in [-0.25, -0.2) is 0 Å². The standard InChI is InChI=1S/C17H27NO/c1-12-7-9-14(10-8-12)13(2)18-15-11-16(3,4)19-17(15,5)6/h7-10,13,15,18H,11H2,1-6H3. The molecular weight excluding hydrogens is 234 g/mol. The molecule has 0 radical (unpaired) electrons. The van der Waals surface area contributed by atoms with Gasteiger partial charge in [0.25, 0.3) is 0 Å². The highest BCUT2D eigenvalue weighted by atomic mass is 16.5. The van der Waals surface area contributed by atoms with Crippen LogP contribution in [0, 0.1) is 6.92 Å². The maximum atomic E-state index is 6.14. The lowest BCUT2D eigenvalue weighted by molar-refractivity contribution is -0.0703. The van der Waals surface area contributed by atoms with E-state index in [0.29, 0.717) is 12.1 Å². The van der Waals surface area contributed by atoms with E-state index in [2.05, 4.69) is 71.1 Å². The van der Waals surface area contributed by atoms with Crippen LogP contribution in [0.2, 0.25) is 0 Å². The van der Waals surface area contributed by atoms with Gasteiger partial charge in [0, 0.05) is 12.1 Å². The Morgan fingerprint density at radius 2 is 1.74 bits per heavy atom. The molecule has 1 heterocycles. The number of hydrogen-bond donors (Lipinski definition) is 1. The van der Waals surface area contributed by atoms with Gasteiger partial charge in [0.05, 0.1) is 11.2 Å². The van der Waals surface area contributed by atoms with E-state index in [9.17, 15) is 0 Å². The van der Waals surface area contributed by atoms with Crippen molar-refractivity contribution in [3.63, 3.8) is 0 Å². The molecule has 0 aliphatic carbocycles. The fourth-order valence-electron chi connectivity index (χ4n) is 3.08. The maximum Gasteiger partial charge on any atom is 0.0787 e. The average molecular weight is 261 g/mol. The van der Waals surface area contributed by atoms with Crippen LogP contribution >= 0.6 is 0 Å². The highest BCUT2D eigenvalue weighted by Gasteiger charge is 2.46. The Morgan fingerprint density at radius 3 is 2.21 bits per heavy atom. The van der Waals surface area contributed by atoms with Gasteiger partial charge >= 0.3 is 0 Å². The molecule has 0 spiro atoms. The largest absolute Gasteiger partial charge is 0.368 e. The molecule has 1 N–H and O–H groups in total. The van der Waals surface area contributed by atoms with E-state index in [1.54, 1.807) is 0 Å². The van der Waals surface area contributed by atoms with E-state index in [0.717, 1.165) is 6.42 Å². The number of rotatable bonds is 3. The van der Waals surface area contributed by atoms with Crippen molar-refractivity contribution in [2.45, 2.75) is 71.2 Å². The first kappa shape index (κ1) is 14.5. The predicted molar refractivity (Wildman–Crippen MR) is 80.4 cm³/mol. The van der Waals surface area contributed by atoms with Gasteiger partial charge < -0.3 is 10.1 Å². The van der Waals surface area contributed by atoms with Crippen LogP contribution in [0.15, 0.2) is 24.3 Å². The fourth-order valence-corrected chi connectivity index (χ4v) is 3.08. The quantitative estimate of drug-likeness (QED) is 0.888. The Labute approximate surface area is 117 Å². The normalized spacial score (nSPS) is 26.3. The van der Waals surface area contributed by atoms with Gasteiger partial charge in [-0.15, -0.1) is 0 Å². The second kappa shape index (κ2) is 4.92. The third kappa shape index (κ3) is 3.37. The van der Waals surface area contributed by atoms with Gasteiger partial charge in [-0.3, -0.25) is 0 Å². The summed E-state index contributed by atoms with van der Waals surface area (Å²) in [6.07, 6.45) is 1.05. The van der Waals surface area contributed by atoms with Crippen molar-refractivity contribution in [3.05, 3.63) is 35.4 Å². The Balaban J connectivity index is 2.07. The average Bonchev–Trinajstić information content (AvgIpc) is 2.47. The van der Waals surface area contributed by atoms with Gasteiger partial charge in [0.1, 0.15) is 0 Å². The van der Waals surface area contributed by atoms with Gasteiger partial charge in [-0.1, -0.05) is 29.8 Å². The lowest BCUT2D eigenvalue weighted by Crippen LogP contribution is -2.44. The summed E-state index contributed by atoms with van der Waals surface area (Å²) in [7, 11) is 0. The van der Waals surface area contributed by atoms with Crippen LogP contribution in [0.25, 0.3) is 0 Å². The SMILES string of the molecule is Cc1ccc(C(C)NC2CC(C)(C)OC2(C)C)cc1. The zero-order chi connectivity index (χ0) is 14.3. The summed E-state index contributed by atoms with van der Waals surface area (Å²) in [6.45, 7) is 13.1. The van der Waals surface area contributed by atoms with E-state index < -0.39 is 0 Å². The number of hydrogen-bond acceptors (Lipinski definition) is 2. The second-order valence-corrected chi connectivity index (χ2v) is 7.02. The summed E-state index contributed by atoms with van der Waals surface area (Å²) in [6, 6.07) is 9.50. The monoisotopic (exact) mass is 261 g/mol. The minimum atomic E-state index is -0.109. The molecule has 1 saturated heterocycles. The van der Waals surface area contributed by atoms with E-state index in [1.165, 1.54) is 11.1 Å². The van der Waals surface area contributed by atoms with Crippen molar-refractivity contribution in [1.29, 1.82) is 0 Å². The van der Waals surface area contributed by atoms with Crippen molar-refractivity contribution >= 4 is 0 Å². The van der Waals surface area contributed by atoms with Crippen LogP contribution in [-0.2, 0) is 4.74 Å². The van der Waals surface area contributed by atoms with Crippen LogP contribution in [0.4, 0.5) is 0 Å². The maximum absolute atomic E-state index is 6.14. The summed E-state index contributed by atoms with van der Waals surface area (Å²) in [4.78, 5) is 0. The van der Waals surface area contributed by atoms with Gasteiger partial charge in [0.15, 0.2) is 0 Å². The van der Waals surface area contributed by atoms with Gasteiger partial charge in [-0.05, 0) is 53.5 Å². The van der Waals surface area contributed by atoms with Crippen molar-refractivity contribution in [3.8, 4) is 0 Å². The molecule has 1 aromatic carbocycles. The minimum absolute atomic E-state index is 0.0336. The third-order valence-corrected chi connectivity index (χ3v) is 4.10. The highest BCUT2D eigenvalue weighted by Crippen LogP contribution is 2.38. The molecule has 106 valence electrons. The topological polar surface area (TPSA) is 21.3 Å². The van der Waals surface area contributed by atoms with Crippen LogP contribution in [0.3, 0.4) is 0 Å². The molecule has 1 aliphatic heterocycles.